The van der Waals surface area contributed by atoms with Gasteiger partial charge in [-0.3, -0.25) is 0 Å². The van der Waals surface area contributed by atoms with Gasteiger partial charge in [-0.25, -0.2) is 4.98 Å². The van der Waals surface area contributed by atoms with Crippen LogP contribution in [0.4, 0.5) is 13.2 Å². The first-order valence-corrected chi connectivity index (χ1v) is 5.55. The molecule has 0 unspecified atom stereocenters. The fourth-order valence-electron chi connectivity index (χ4n) is 1.73. The van der Waals surface area contributed by atoms with Crippen LogP contribution < -0.4 is 0 Å². The van der Waals surface area contributed by atoms with Crippen LogP contribution in [0.5, 0.6) is 0 Å². The fraction of sp³-hybridized carbons (Fsp3) is 0.417. The summed E-state index contributed by atoms with van der Waals surface area (Å²) < 4.78 is 39.5. The van der Waals surface area contributed by atoms with Gasteiger partial charge in [0.25, 0.3) is 0 Å². The van der Waals surface area contributed by atoms with Crippen molar-refractivity contribution in [3.05, 3.63) is 30.1 Å². The predicted molar refractivity (Wildman–Crippen MR) is 63.3 cm³/mol. The zero-order chi connectivity index (χ0) is 13.3. The summed E-state index contributed by atoms with van der Waals surface area (Å²) in [6, 6.07) is 3.65. The highest BCUT2D eigenvalue weighted by Crippen LogP contribution is 2.30. The number of halogens is 3. The van der Waals surface area contributed by atoms with Crippen LogP contribution in [-0.4, -0.2) is 35.1 Å². The molecule has 0 bridgehead atoms. The number of hydrogen-bond acceptors (Lipinski definition) is 2. The Morgan fingerprint density at radius 3 is 2.61 bits per heavy atom. The van der Waals surface area contributed by atoms with Crippen molar-refractivity contribution in [3.8, 4) is 0 Å². The molecule has 0 aliphatic heterocycles. The van der Waals surface area contributed by atoms with Crippen LogP contribution in [0, 0.1) is 0 Å². The van der Waals surface area contributed by atoms with E-state index in [4.69, 9.17) is 0 Å². The molecule has 6 heteroatoms. The zero-order valence-corrected chi connectivity index (χ0v) is 10.2. The lowest BCUT2D eigenvalue weighted by molar-refractivity contribution is -0.137. The van der Waals surface area contributed by atoms with E-state index in [1.54, 1.807) is 6.33 Å². The van der Waals surface area contributed by atoms with E-state index in [9.17, 15) is 13.2 Å². The quantitative estimate of drug-likeness (QED) is 0.842. The molecule has 0 atom stereocenters. The molecule has 0 saturated heterocycles. The van der Waals surface area contributed by atoms with Crippen LogP contribution in [0.1, 0.15) is 5.56 Å². The van der Waals surface area contributed by atoms with Crippen molar-refractivity contribution in [1.29, 1.82) is 0 Å². The summed E-state index contributed by atoms with van der Waals surface area (Å²) >= 11 is 0. The Labute approximate surface area is 103 Å². The molecule has 0 fully saturated rings. The van der Waals surface area contributed by atoms with Gasteiger partial charge in [-0.1, -0.05) is 0 Å². The standard InChI is InChI=1S/C12H14F3N3/c1-17(2)5-6-18-8-16-10-7-9(12(13,14)15)3-4-11(10)18/h3-4,7-8H,5-6H2,1-2H3. The maximum atomic E-state index is 12.5. The molecule has 0 saturated carbocycles. The molecule has 0 aliphatic carbocycles. The third kappa shape index (κ3) is 2.64. The van der Waals surface area contributed by atoms with Gasteiger partial charge in [0.2, 0.25) is 0 Å². The summed E-state index contributed by atoms with van der Waals surface area (Å²) in [6.45, 7) is 1.52. The van der Waals surface area contributed by atoms with Gasteiger partial charge in [0.05, 0.1) is 22.9 Å². The number of alkyl halides is 3. The number of aromatic nitrogens is 2. The van der Waals surface area contributed by atoms with Crippen molar-refractivity contribution in [2.24, 2.45) is 0 Å². The molecule has 0 radical (unpaired) electrons. The molecule has 1 aromatic heterocycles. The van der Waals surface area contributed by atoms with Crippen molar-refractivity contribution in [3.63, 3.8) is 0 Å². The third-order valence-electron chi connectivity index (χ3n) is 2.74. The number of rotatable bonds is 3. The van der Waals surface area contributed by atoms with Crippen molar-refractivity contribution in [2.75, 3.05) is 20.6 Å². The Bertz CT molecular complexity index is 543. The van der Waals surface area contributed by atoms with Gasteiger partial charge >= 0.3 is 6.18 Å². The smallest absolute Gasteiger partial charge is 0.329 e. The second-order valence-electron chi connectivity index (χ2n) is 4.44. The summed E-state index contributed by atoms with van der Waals surface area (Å²) in [7, 11) is 3.89. The van der Waals surface area contributed by atoms with Gasteiger partial charge in [-0.05, 0) is 32.3 Å². The van der Waals surface area contributed by atoms with Gasteiger partial charge in [-0.2, -0.15) is 13.2 Å². The number of hydrogen-bond donors (Lipinski definition) is 0. The Morgan fingerprint density at radius 1 is 1.28 bits per heavy atom. The molecule has 1 aromatic carbocycles. The summed E-state index contributed by atoms with van der Waals surface area (Å²) in [5.41, 5.74) is 0.446. The summed E-state index contributed by atoms with van der Waals surface area (Å²) in [6.07, 6.45) is -2.74. The normalized spacial score (nSPS) is 12.6. The van der Waals surface area contributed by atoms with Crippen molar-refractivity contribution >= 4 is 11.0 Å². The minimum absolute atomic E-state index is 0.378. The molecule has 98 valence electrons. The van der Waals surface area contributed by atoms with E-state index in [0.29, 0.717) is 12.1 Å². The first-order chi connectivity index (χ1) is 8.38. The average molecular weight is 257 g/mol. The van der Waals surface area contributed by atoms with Crippen LogP contribution in [0.2, 0.25) is 0 Å². The van der Waals surface area contributed by atoms with Gasteiger partial charge in [0.1, 0.15) is 0 Å². The minimum Gasteiger partial charge on any atom is -0.329 e. The minimum atomic E-state index is -4.32. The number of likely N-dealkylation sites (N-methyl/N-ethyl adjacent to an activating group) is 1. The highest BCUT2D eigenvalue weighted by molar-refractivity contribution is 5.76. The van der Waals surface area contributed by atoms with E-state index in [1.165, 1.54) is 6.07 Å². The summed E-state index contributed by atoms with van der Waals surface area (Å²) in [5, 5.41) is 0. The molecule has 18 heavy (non-hydrogen) atoms. The molecular weight excluding hydrogens is 243 g/mol. The lowest BCUT2D eigenvalue weighted by Crippen LogP contribution is -2.17. The second kappa shape index (κ2) is 4.61. The van der Waals surface area contributed by atoms with E-state index in [2.05, 4.69) is 4.98 Å². The molecule has 2 aromatic rings. The molecule has 3 nitrogen and oxygen atoms in total. The first kappa shape index (κ1) is 12.9. The second-order valence-corrected chi connectivity index (χ2v) is 4.44. The molecular formula is C12H14F3N3. The zero-order valence-electron chi connectivity index (χ0n) is 10.2. The molecule has 1 heterocycles. The maximum Gasteiger partial charge on any atom is 0.416 e. The number of fused-ring (bicyclic) bond motifs is 1. The van der Waals surface area contributed by atoms with E-state index >= 15 is 0 Å². The van der Waals surface area contributed by atoms with Crippen molar-refractivity contribution in [2.45, 2.75) is 12.7 Å². The van der Waals surface area contributed by atoms with Crippen LogP contribution in [0.25, 0.3) is 11.0 Å². The Hall–Kier alpha value is -1.56. The van der Waals surface area contributed by atoms with Crippen LogP contribution in [0.3, 0.4) is 0 Å². The van der Waals surface area contributed by atoms with Gasteiger partial charge in [0, 0.05) is 13.1 Å². The molecule has 0 aliphatic rings. The van der Waals surface area contributed by atoms with Gasteiger partial charge < -0.3 is 9.47 Å². The Kier molecular flexibility index (Phi) is 3.30. The average Bonchev–Trinajstić information content (AvgIpc) is 2.67. The first-order valence-electron chi connectivity index (χ1n) is 5.55. The molecule has 0 N–H and O–H groups in total. The number of benzene rings is 1. The highest BCUT2D eigenvalue weighted by Gasteiger charge is 2.30. The molecule has 2 rings (SSSR count). The Balaban J connectivity index is 2.32. The van der Waals surface area contributed by atoms with Crippen molar-refractivity contribution in [1.82, 2.24) is 14.5 Å². The summed E-state index contributed by atoms with van der Waals surface area (Å²) in [4.78, 5) is 6.03. The SMILES string of the molecule is CN(C)CCn1cnc2cc(C(F)(F)F)ccc21. The lowest BCUT2D eigenvalue weighted by atomic mass is 10.2. The maximum absolute atomic E-state index is 12.5. The predicted octanol–water partition coefficient (Wildman–Crippen LogP) is 2.62. The van der Waals surface area contributed by atoms with E-state index < -0.39 is 11.7 Å². The van der Waals surface area contributed by atoms with Gasteiger partial charge in [-0.15, -0.1) is 0 Å². The number of imidazole rings is 1. The summed E-state index contributed by atoms with van der Waals surface area (Å²) in [5.74, 6) is 0. The van der Waals surface area contributed by atoms with Crippen LogP contribution >= 0.6 is 0 Å². The highest BCUT2D eigenvalue weighted by atomic mass is 19.4. The number of nitrogens with zero attached hydrogens (tertiary/aromatic N) is 3. The van der Waals surface area contributed by atoms with Gasteiger partial charge in [0.15, 0.2) is 0 Å². The topological polar surface area (TPSA) is 21.1 Å². The van der Waals surface area contributed by atoms with E-state index in [0.717, 1.165) is 24.2 Å². The molecule has 0 spiro atoms. The van der Waals surface area contributed by atoms with Crippen LogP contribution in [0.15, 0.2) is 24.5 Å². The Morgan fingerprint density at radius 2 is 2.00 bits per heavy atom. The largest absolute Gasteiger partial charge is 0.416 e. The van der Waals surface area contributed by atoms with Crippen LogP contribution in [-0.2, 0) is 12.7 Å². The van der Waals surface area contributed by atoms with Crippen molar-refractivity contribution < 1.29 is 13.2 Å². The lowest BCUT2D eigenvalue weighted by Gasteiger charge is -2.11. The van der Waals surface area contributed by atoms with E-state index in [1.807, 2.05) is 23.6 Å². The third-order valence-corrected chi connectivity index (χ3v) is 2.74. The fourth-order valence-corrected chi connectivity index (χ4v) is 1.73. The molecule has 0 amide bonds. The monoisotopic (exact) mass is 257 g/mol. The van der Waals surface area contributed by atoms with E-state index in [-0.39, 0.29) is 0 Å².